The van der Waals surface area contributed by atoms with Gasteiger partial charge in [0, 0.05) is 6.04 Å². The molecule has 100 valence electrons. The van der Waals surface area contributed by atoms with Crippen molar-refractivity contribution >= 4 is 11.8 Å². The van der Waals surface area contributed by atoms with Crippen LogP contribution in [0, 0.1) is 17.8 Å². The third kappa shape index (κ3) is 3.89. The zero-order valence-corrected chi connectivity index (χ0v) is 12.4. The van der Waals surface area contributed by atoms with E-state index in [9.17, 15) is 0 Å². The Balaban J connectivity index is 1.75. The summed E-state index contributed by atoms with van der Waals surface area (Å²) in [6, 6.07) is 0.798. The summed E-state index contributed by atoms with van der Waals surface area (Å²) in [7, 11) is 0. The van der Waals surface area contributed by atoms with E-state index in [1.165, 1.54) is 31.6 Å². The largest absolute Gasteiger partial charge is 0.314 e. The van der Waals surface area contributed by atoms with Crippen molar-refractivity contribution in [1.82, 2.24) is 5.32 Å². The van der Waals surface area contributed by atoms with Crippen LogP contribution < -0.4 is 5.32 Å². The van der Waals surface area contributed by atoms with Crippen LogP contribution in [0.1, 0.15) is 51.9 Å². The fourth-order valence-electron chi connectivity index (χ4n) is 3.94. The van der Waals surface area contributed by atoms with Gasteiger partial charge in [-0.1, -0.05) is 13.3 Å². The molecule has 0 spiro atoms. The van der Waals surface area contributed by atoms with Crippen molar-refractivity contribution in [3.05, 3.63) is 0 Å². The van der Waals surface area contributed by atoms with E-state index in [1.54, 1.807) is 25.7 Å². The van der Waals surface area contributed by atoms with E-state index in [2.05, 4.69) is 18.5 Å². The van der Waals surface area contributed by atoms with Crippen LogP contribution in [-0.2, 0) is 0 Å². The second kappa shape index (κ2) is 7.04. The molecule has 2 saturated carbocycles. The van der Waals surface area contributed by atoms with Crippen molar-refractivity contribution in [2.45, 2.75) is 57.9 Å². The van der Waals surface area contributed by atoms with Crippen LogP contribution in [-0.4, -0.2) is 24.6 Å². The molecule has 2 heteroatoms. The SMILES string of the molecule is CCCNC(CCSC)CC1CC2CCC1C2. The average Bonchev–Trinajstić information content (AvgIpc) is 2.94. The van der Waals surface area contributed by atoms with Gasteiger partial charge in [-0.2, -0.15) is 11.8 Å². The van der Waals surface area contributed by atoms with Crippen molar-refractivity contribution in [1.29, 1.82) is 0 Å². The van der Waals surface area contributed by atoms with E-state index >= 15 is 0 Å². The number of rotatable bonds is 8. The van der Waals surface area contributed by atoms with Crippen LogP contribution >= 0.6 is 11.8 Å². The first-order chi connectivity index (χ1) is 8.33. The maximum absolute atomic E-state index is 3.78. The molecule has 0 aromatic carbocycles. The molecule has 2 bridgehead atoms. The molecule has 0 aromatic rings. The average molecular weight is 255 g/mol. The highest BCUT2D eigenvalue weighted by atomic mass is 32.2. The van der Waals surface area contributed by atoms with Crippen LogP contribution in [0.4, 0.5) is 0 Å². The van der Waals surface area contributed by atoms with Gasteiger partial charge in [-0.3, -0.25) is 0 Å². The Morgan fingerprint density at radius 1 is 1.29 bits per heavy atom. The van der Waals surface area contributed by atoms with E-state index in [0.717, 1.165) is 23.8 Å². The standard InChI is InChI=1S/C15H29NS/c1-3-7-16-15(6-8-17-2)11-14-10-12-4-5-13(14)9-12/h12-16H,3-11H2,1-2H3. The summed E-state index contributed by atoms with van der Waals surface area (Å²) in [6.07, 6.45) is 12.5. The fraction of sp³-hybridized carbons (Fsp3) is 1.00. The highest BCUT2D eigenvalue weighted by Crippen LogP contribution is 2.50. The Kier molecular flexibility index (Phi) is 5.68. The quantitative estimate of drug-likeness (QED) is 0.705. The summed E-state index contributed by atoms with van der Waals surface area (Å²) in [5.41, 5.74) is 0. The molecule has 17 heavy (non-hydrogen) atoms. The van der Waals surface area contributed by atoms with Gasteiger partial charge in [0.1, 0.15) is 0 Å². The van der Waals surface area contributed by atoms with Crippen molar-refractivity contribution in [3.8, 4) is 0 Å². The van der Waals surface area contributed by atoms with Gasteiger partial charge < -0.3 is 5.32 Å². The van der Waals surface area contributed by atoms with E-state index < -0.39 is 0 Å². The lowest BCUT2D eigenvalue weighted by atomic mass is 9.83. The molecule has 2 fully saturated rings. The highest BCUT2D eigenvalue weighted by Gasteiger charge is 2.39. The molecule has 4 atom stereocenters. The van der Waals surface area contributed by atoms with Gasteiger partial charge >= 0.3 is 0 Å². The van der Waals surface area contributed by atoms with Gasteiger partial charge in [0.2, 0.25) is 0 Å². The predicted molar refractivity (Wildman–Crippen MR) is 78.6 cm³/mol. The maximum atomic E-state index is 3.78. The number of thioether (sulfide) groups is 1. The first-order valence-corrected chi connectivity index (χ1v) is 8.95. The van der Waals surface area contributed by atoms with Crippen LogP contribution in [0.5, 0.6) is 0 Å². The van der Waals surface area contributed by atoms with Gasteiger partial charge in [0.25, 0.3) is 0 Å². The summed E-state index contributed by atoms with van der Waals surface area (Å²) in [4.78, 5) is 0. The van der Waals surface area contributed by atoms with Crippen molar-refractivity contribution in [2.24, 2.45) is 17.8 Å². The third-order valence-corrected chi connectivity index (χ3v) is 5.47. The van der Waals surface area contributed by atoms with E-state index in [0.29, 0.717) is 0 Å². The second-order valence-corrected chi connectivity index (χ2v) is 7.09. The molecule has 0 amide bonds. The highest BCUT2D eigenvalue weighted by molar-refractivity contribution is 7.98. The zero-order valence-electron chi connectivity index (χ0n) is 11.6. The van der Waals surface area contributed by atoms with Crippen molar-refractivity contribution in [3.63, 3.8) is 0 Å². The van der Waals surface area contributed by atoms with Crippen molar-refractivity contribution in [2.75, 3.05) is 18.6 Å². The molecule has 0 heterocycles. The van der Waals surface area contributed by atoms with Gasteiger partial charge in [-0.25, -0.2) is 0 Å². The number of hydrogen-bond acceptors (Lipinski definition) is 2. The van der Waals surface area contributed by atoms with E-state index in [1.807, 2.05) is 11.8 Å². The van der Waals surface area contributed by atoms with Crippen LogP contribution in [0.3, 0.4) is 0 Å². The molecule has 1 nitrogen and oxygen atoms in total. The topological polar surface area (TPSA) is 12.0 Å². The molecule has 2 rings (SSSR count). The fourth-order valence-corrected chi connectivity index (χ4v) is 4.46. The first-order valence-electron chi connectivity index (χ1n) is 7.55. The minimum absolute atomic E-state index is 0.798. The third-order valence-electron chi connectivity index (χ3n) is 4.83. The summed E-state index contributed by atoms with van der Waals surface area (Å²) in [5, 5.41) is 3.78. The molecular formula is C15H29NS. The molecule has 0 aliphatic heterocycles. The van der Waals surface area contributed by atoms with Crippen LogP contribution in [0.15, 0.2) is 0 Å². The lowest BCUT2D eigenvalue weighted by Crippen LogP contribution is -2.33. The monoisotopic (exact) mass is 255 g/mol. The molecular weight excluding hydrogens is 226 g/mol. The Labute approximate surface area is 112 Å². The summed E-state index contributed by atoms with van der Waals surface area (Å²) in [6.45, 7) is 3.48. The van der Waals surface area contributed by atoms with Gasteiger partial charge in [-0.15, -0.1) is 0 Å². The normalized spacial score (nSPS) is 33.2. The minimum atomic E-state index is 0.798. The predicted octanol–water partition coefficient (Wildman–Crippen LogP) is 3.93. The second-order valence-electron chi connectivity index (χ2n) is 6.10. The molecule has 1 N–H and O–H groups in total. The molecule has 2 aliphatic rings. The number of nitrogens with one attached hydrogen (secondary N) is 1. The van der Waals surface area contributed by atoms with Crippen molar-refractivity contribution < 1.29 is 0 Å². The number of fused-ring (bicyclic) bond motifs is 2. The summed E-state index contributed by atoms with van der Waals surface area (Å²) < 4.78 is 0. The summed E-state index contributed by atoms with van der Waals surface area (Å²) >= 11 is 2.00. The van der Waals surface area contributed by atoms with E-state index in [-0.39, 0.29) is 0 Å². The van der Waals surface area contributed by atoms with Crippen LogP contribution in [0.25, 0.3) is 0 Å². The Morgan fingerprint density at radius 2 is 2.18 bits per heavy atom. The lowest BCUT2D eigenvalue weighted by molar-refractivity contribution is 0.275. The van der Waals surface area contributed by atoms with E-state index in [4.69, 9.17) is 0 Å². The van der Waals surface area contributed by atoms with Gasteiger partial charge in [0.05, 0.1) is 0 Å². The smallest absolute Gasteiger partial charge is 0.00776 e. The Hall–Kier alpha value is 0.310. The molecule has 4 unspecified atom stereocenters. The maximum Gasteiger partial charge on any atom is 0.00776 e. The van der Waals surface area contributed by atoms with Crippen LogP contribution in [0.2, 0.25) is 0 Å². The number of hydrogen-bond donors (Lipinski definition) is 1. The van der Waals surface area contributed by atoms with Gasteiger partial charge in [0.15, 0.2) is 0 Å². The van der Waals surface area contributed by atoms with Gasteiger partial charge in [-0.05, 0) is 74.8 Å². The molecule has 0 radical (unpaired) electrons. The molecule has 0 saturated heterocycles. The zero-order chi connectivity index (χ0) is 12.1. The molecule has 2 aliphatic carbocycles. The lowest BCUT2D eigenvalue weighted by Gasteiger charge is -2.27. The Bertz CT molecular complexity index is 211. The Morgan fingerprint density at radius 3 is 2.76 bits per heavy atom. The minimum Gasteiger partial charge on any atom is -0.314 e. The molecule has 0 aromatic heterocycles. The summed E-state index contributed by atoms with van der Waals surface area (Å²) in [5.74, 6) is 4.59. The first kappa shape index (κ1) is 13.7.